The van der Waals surface area contributed by atoms with E-state index in [0.29, 0.717) is 6.42 Å². The number of carbonyl (C=O) groups excluding carboxylic acids is 1. The molecule has 0 aromatic heterocycles. The second kappa shape index (κ2) is 4.94. The molecular weight excluding hydrogens is 172 g/mol. The quantitative estimate of drug-likeness (QED) is 0.653. The zero-order valence-corrected chi connectivity index (χ0v) is 7.47. The average molecular weight is 182 g/mol. The second-order valence-corrected chi connectivity index (χ2v) is 3.00. The Morgan fingerprint density at radius 3 is 2.75 bits per heavy atom. The van der Waals surface area contributed by atoms with E-state index in [1.54, 1.807) is 0 Å². The highest BCUT2D eigenvalue weighted by atomic mass is 35.5. The lowest BCUT2D eigenvalue weighted by molar-refractivity contribution is 0.548. The molecule has 0 atom stereocenters. The summed E-state index contributed by atoms with van der Waals surface area (Å²) in [6, 6.07) is 7.69. The topological polar surface area (TPSA) is 17.1 Å². The Hall–Kier alpha value is -0.820. The van der Waals surface area contributed by atoms with E-state index in [9.17, 15) is 4.79 Å². The van der Waals surface area contributed by atoms with E-state index < -0.39 is 0 Å². The second-order valence-electron chi connectivity index (χ2n) is 2.59. The molecule has 0 saturated heterocycles. The van der Waals surface area contributed by atoms with Gasteiger partial charge in [-0.2, -0.15) is 0 Å². The van der Waals surface area contributed by atoms with Gasteiger partial charge < -0.3 is 0 Å². The predicted molar refractivity (Wildman–Crippen MR) is 50.1 cm³/mol. The van der Waals surface area contributed by atoms with Crippen molar-refractivity contribution in [3.63, 3.8) is 0 Å². The minimum Gasteiger partial charge on any atom is -0.291 e. The molecule has 0 heterocycles. The first-order chi connectivity index (χ1) is 5.84. The summed E-state index contributed by atoms with van der Waals surface area (Å²) in [4.78, 5) is 9.92. The molecule has 0 fully saturated rings. The van der Waals surface area contributed by atoms with Crippen LogP contribution in [0.3, 0.4) is 0 Å². The van der Waals surface area contributed by atoms with E-state index in [1.165, 1.54) is 0 Å². The highest BCUT2D eigenvalue weighted by Gasteiger charge is 1.97. The van der Waals surface area contributed by atoms with Gasteiger partial charge in [0, 0.05) is 11.4 Å². The lowest BCUT2D eigenvalue weighted by atomic mass is 10.1. The smallest absolute Gasteiger partial charge is 0.198 e. The molecule has 0 aliphatic heterocycles. The number of hydrogen-bond donors (Lipinski definition) is 0. The van der Waals surface area contributed by atoms with Crippen LogP contribution in [0.15, 0.2) is 24.3 Å². The highest BCUT2D eigenvalue weighted by molar-refractivity contribution is 6.31. The van der Waals surface area contributed by atoms with Crippen LogP contribution in [0, 0.1) is 0 Å². The number of benzene rings is 1. The Morgan fingerprint density at radius 1 is 1.33 bits per heavy atom. The summed E-state index contributed by atoms with van der Waals surface area (Å²) >= 11 is 5.90. The summed E-state index contributed by atoms with van der Waals surface area (Å²) in [5, 5.41) is 0.781. The third-order valence-electron chi connectivity index (χ3n) is 1.68. The number of aryl methyl sites for hydroxylation is 1. The number of hydrogen-bond acceptors (Lipinski definition) is 1. The molecule has 0 spiro atoms. The first-order valence-corrected chi connectivity index (χ1v) is 4.31. The van der Waals surface area contributed by atoms with Crippen molar-refractivity contribution in [3.05, 3.63) is 34.9 Å². The summed E-state index contributed by atoms with van der Waals surface area (Å²) in [7, 11) is 0. The Kier molecular flexibility index (Phi) is 3.81. The van der Waals surface area contributed by atoms with Crippen LogP contribution >= 0.6 is 11.6 Å². The Balaban J connectivity index is 2.51. The number of halogens is 1. The Bertz CT molecular complexity index is 258. The van der Waals surface area contributed by atoms with Gasteiger partial charge in [0.1, 0.15) is 0 Å². The van der Waals surface area contributed by atoms with Crippen molar-refractivity contribution in [2.45, 2.75) is 19.3 Å². The lowest BCUT2D eigenvalue weighted by Crippen LogP contribution is -1.86. The fourth-order valence-electron chi connectivity index (χ4n) is 1.05. The number of rotatable bonds is 4. The predicted octanol–water partition coefficient (Wildman–Crippen LogP) is 2.77. The van der Waals surface area contributed by atoms with Crippen molar-refractivity contribution in [1.82, 2.24) is 0 Å². The van der Waals surface area contributed by atoms with Crippen molar-refractivity contribution in [2.75, 3.05) is 0 Å². The fraction of sp³-hybridized carbons (Fsp3) is 0.300. The third kappa shape index (κ3) is 2.67. The van der Waals surface area contributed by atoms with E-state index >= 15 is 0 Å². The van der Waals surface area contributed by atoms with Gasteiger partial charge in [0.15, 0.2) is 6.29 Å². The molecule has 1 nitrogen and oxygen atoms in total. The minimum absolute atomic E-state index is 0.491. The van der Waals surface area contributed by atoms with Crippen LogP contribution in [-0.2, 0) is 11.2 Å². The van der Waals surface area contributed by atoms with Crippen molar-refractivity contribution >= 4 is 17.9 Å². The first-order valence-electron chi connectivity index (χ1n) is 3.93. The largest absolute Gasteiger partial charge is 0.291 e. The third-order valence-corrected chi connectivity index (χ3v) is 2.05. The molecule has 0 N–H and O–H groups in total. The number of unbranched alkanes of at least 4 members (excludes halogenated alkanes) is 1. The molecule has 0 amide bonds. The van der Waals surface area contributed by atoms with Crippen LogP contribution in [0.4, 0.5) is 0 Å². The van der Waals surface area contributed by atoms with E-state index in [1.807, 2.05) is 30.6 Å². The summed E-state index contributed by atoms with van der Waals surface area (Å²) in [6.45, 7) is 0. The summed E-state index contributed by atoms with van der Waals surface area (Å²) < 4.78 is 0. The molecule has 1 aromatic rings. The van der Waals surface area contributed by atoms with E-state index in [0.717, 1.165) is 23.4 Å². The molecule has 2 heteroatoms. The molecule has 0 saturated carbocycles. The van der Waals surface area contributed by atoms with E-state index in [2.05, 4.69) is 0 Å². The van der Waals surface area contributed by atoms with Crippen molar-refractivity contribution < 1.29 is 4.79 Å². The standard InChI is InChI=1S/C10H10ClO/c11-10-7-2-1-5-9(10)6-3-4-8-12/h1-2,5,7H,3-4,6H2. The highest BCUT2D eigenvalue weighted by Crippen LogP contribution is 2.16. The van der Waals surface area contributed by atoms with Gasteiger partial charge in [-0.25, -0.2) is 0 Å². The van der Waals surface area contributed by atoms with Gasteiger partial charge in [0.05, 0.1) is 0 Å². The summed E-state index contributed by atoms with van der Waals surface area (Å²) in [6.07, 6.45) is 4.04. The Morgan fingerprint density at radius 2 is 2.08 bits per heavy atom. The molecule has 1 rings (SSSR count). The molecule has 0 unspecified atom stereocenters. The van der Waals surface area contributed by atoms with Gasteiger partial charge in [-0.3, -0.25) is 4.79 Å². The van der Waals surface area contributed by atoms with Crippen LogP contribution in [0.2, 0.25) is 5.02 Å². The maximum Gasteiger partial charge on any atom is 0.198 e. The normalized spacial score (nSPS) is 9.75. The average Bonchev–Trinajstić information content (AvgIpc) is 2.09. The van der Waals surface area contributed by atoms with Crippen LogP contribution in [0.25, 0.3) is 0 Å². The molecule has 0 aliphatic rings. The van der Waals surface area contributed by atoms with Crippen LogP contribution in [-0.4, -0.2) is 6.29 Å². The molecular formula is C10H10ClO. The lowest BCUT2D eigenvalue weighted by Gasteiger charge is -2.00. The fourth-order valence-corrected chi connectivity index (χ4v) is 1.28. The summed E-state index contributed by atoms with van der Waals surface area (Å²) in [5.41, 5.74) is 1.11. The monoisotopic (exact) mass is 181 g/mol. The van der Waals surface area contributed by atoms with Gasteiger partial charge >= 0.3 is 0 Å². The van der Waals surface area contributed by atoms with Crippen LogP contribution in [0.5, 0.6) is 0 Å². The summed E-state index contributed by atoms with van der Waals surface area (Å²) in [5.74, 6) is 0. The zero-order valence-electron chi connectivity index (χ0n) is 6.72. The van der Waals surface area contributed by atoms with Crippen LogP contribution < -0.4 is 0 Å². The maximum absolute atomic E-state index is 9.92. The van der Waals surface area contributed by atoms with E-state index in [-0.39, 0.29) is 0 Å². The van der Waals surface area contributed by atoms with Gasteiger partial charge in [0.25, 0.3) is 0 Å². The van der Waals surface area contributed by atoms with Gasteiger partial charge in [-0.05, 0) is 24.5 Å². The molecule has 63 valence electrons. The molecule has 12 heavy (non-hydrogen) atoms. The van der Waals surface area contributed by atoms with Gasteiger partial charge in [-0.15, -0.1) is 0 Å². The van der Waals surface area contributed by atoms with E-state index in [4.69, 9.17) is 11.6 Å². The molecule has 0 bridgehead atoms. The maximum atomic E-state index is 9.92. The van der Waals surface area contributed by atoms with Crippen molar-refractivity contribution in [3.8, 4) is 0 Å². The molecule has 1 radical (unpaired) electrons. The van der Waals surface area contributed by atoms with Gasteiger partial charge in [0.2, 0.25) is 0 Å². The van der Waals surface area contributed by atoms with Gasteiger partial charge in [-0.1, -0.05) is 29.8 Å². The Labute approximate surface area is 77.4 Å². The van der Waals surface area contributed by atoms with Crippen molar-refractivity contribution in [2.24, 2.45) is 0 Å². The SMILES string of the molecule is O=[C]CCCc1ccccc1Cl. The minimum atomic E-state index is 0.491. The first kappa shape index (κ1) is 9.27. The van der Waals surface area contributed by atoms with Crippen molar-refractivity contribution in [1.29, 1.82) is 0 Å². The zero-order chi connectivity index (χ0) is 8.81. The molecule has 1 aromatic carbocycles. The van der Waals surface area contributed by atoms with Crippen LogP contribution in [0.1, 0.15) is 18.4 Å². The molecule has 0 aliphatic carbocycles.